The van der Waals surface area contributed by atoms with E-state index in [1.807, 2.05) is 30.6 Å². The Morgan fingerprint density at radius 1 is 0.959 bits per heavy atom. The second-order valence-corrected chi connectivity index (χ2v) is 20.7. The molecule has 2 fully saturated rings. The summed E-state index contributed by atoms with van der Waals surface area (Å²) in [5.41, 5.74) is 2.47. The van der Waals surface area contributed by atoms with Crippen LogP contribution in [-0.2, 0) is 16.0 Å². The van der Waals surface area contributed by atoms with Gasteiger partial charge in [-0.15, -0.1) is 11.3 Å². The number of anilines is 1. The maximum atomic E-state index is 14.9. The number of benzene rings is 2. The number of amides is 3. The number of carboxylic acids is 1. The summed E-state index contributed by atoms with van der Waals surface area (Å²) in [6.07, 6.45) is 10.3. The first kappa shape index (κ1) is 51.2. The quantitative estimate of drug-likeness (QED) is 0.0685. The van der Waals surface area contributed by atoms with Gasteiger partial charge in [-0.25, -0.2) is 43.3 Å². The van der Waals surface area contributed by atoms with Crippen LogP contribution in [0.5, 0.6) is 5.75 Å². The van der Waals surface area contributed by atoms with Crippen LogP contribution in [-0.4, -0.2) is 133 Å². The number of amidine groups is 1. The molecule has 2 aromatic carbocycles. The van der Waals surface area contributed by atoms with Gasteiger partial charge in [-0.2, -0.15) is 4.39 Å². The van der Waals surface area contributed by atoms with Gasteiger partial charge in [0.15, 0.2) is 34.1 Å². The van der Waals surface area contributed by atoms with Gasteiger partial charge in [0, 0.05) is 135 Å². The molecule has 5 aromatic rings. The molecule has 1 unspecified atom stereocenters. The molecular formula is C51H56ClF3N12O5S. The number of hydrogen-bond acceptors (Lipinski definition) is 14. The van der Waals surface area contributed by atoms with E-state index in [9.17, 15) is 32.7 Å². The topological polar surface area (TPSA) is 194 Å². The summed E-state index contributed by atoms with van der Waals surface area (Å²) in [6.45, 7) is 9.55. The molecule has 0 spiro atoms. The number of thiazole rings is 1. The zero-order valence-electron chi connectivity index (χ0n) is 40.7. The van der Waals surface area contributed by atoms with Crippen molar-refractivity contribution in [2.24, 2.45) is 10.4 Å². The van der Waals surface area contributed by atoms with Crippen molar-refractivity contribution in [1.82, 2.24) is 50.3 Å². The molecule has 3 aromatic heterocycles. The lowest BCUT2D eigenvalue weighted by atomic mass is 9.88. The van der Waals surface area contributed by atoms with Crippen LogP contribution in [0.25, 0.3) is 11.6 Å². The molecule has 384 valence electrons. The zero-order chi connectivity index (χ0) is 51.4. The highest BCUT2D eigenvalue weighted by molar-refractivity contribution is 7.11. The Hall–Kier alpha value is -6.71. The van der Waals surface area contributed by atoms with E-state index in [0.717, 1.165) is 36.6 Å². The number of fused-ring (bicyclic) bond motifs is 2. The minimum Gasteiger partial charge on any atom is -0.490 e. The smallest absolute Gasteiger partial charge is 0.335 e. The van der Waals surface area contributed by atoms with Crippen LogP contribution in [0.1, 0.15) is 86.8 Å². The third-order valence-corrected chi connectivity index (χ3v) is 14.6. The number of nitrogens with one attached hydrogen (secondary N) is 2. The largest absolute Gasteiger partial charge is 0.490 e. The van der Waals surface area contributed by atoms with Gasteiger partial charge in [-0.3, -0.25) is 14.7 Å². The maximum absolute atomic E-state index is 14.9. The number of piperazine rings is 1. The van der Waals surface area contributed by atoms with Crippen molar-refractivity contribution in [3.8, 4) is 17.4 Å². The Kier molecular flexibility index (Phi) is 15.6. The van der Waals surface area contributed by atoms with Crippen molar-refractivity contribution in [3.63, 3.8) is 0 Å². The third kappa shape index (κ3) is 11.7. The molecule has 3 N–H and O–H groups in total. The summed E-state index contributed by atoms with van der Waals surface area (Å²) in [4.78, 5) is 74.2. The summed E-state index contributed by atoms with van der Waals surface area (Å²) in [5, 5.41) is 19.2. The normalized spacial score (nSPS) is 19.1. The molecule has 3 atom stereocenters. The van der Waals surface area contributed by atoms with Crippen molar-refractivity contribution < 1.29 is 37.4 Å². The molecule has 0 aliphatic carbocycles. The van der Waals surface area contributed by atoms with Gasteiger partial charge >= 0.3 is 12.0 Å². The van der Waals surface area contributed by atoms with Gasteiger partial charge < -0.3 is 35.2 Å². The van der Waals surface area contributed by atoms with Crippen molar-refractivity contribution >= 4 is 52.4 Å². The van der Waals surface area contributed by atoms with E-state index in [-0.39, 0.29) is 59.9 Å². The molecule has 2 saturated heterocycles. The predicted octanol–water partition coefficient (Wildman–Crippen LogP) is 7.61. The van der Waals surface area contributed by atoms with Crippen LogP contribution >= 0.6 is 22.9 Å². The fourth-order valence-corrected chi connectivity index (χ4v) is 10.9. The maximum Gasteiger partial charge on any atom is 0.335 e. The average molecular weight is 1040 g/mol. The van der Waals surface area contributed by atoms with Crippen LogP contribution in [0.4, 0.5) is 23.7 Å². The summed E-state index contributed by atoms with van der Waals surface area (Å²) in [7, 11) is 0. The number of nitrogens with zero attached hydrogens (tertiary/aromatic N) is 10. The number of rotatable bonds is 19. The summed E-state index contributed by atoms with van der Waals surface area (Å²) in [6, 6.07) is 6.79. The highest BCUT2D eigenvalue weighted by Gasteiger charge is 2.43. The SMILES string of the molecule is CC1c2cnc(-c3ncccn3)nc2CCN1c1cc(F)c(F)c(OCCCCCCNC(=O)CC(C)(C)CN2C[C@@H]3CN(CC4=C(C(=O)O)[C@H](c5ccc(F)cc5Cl)N=C(c5nccs5)N4)CCN3C2=O)c1. The Labute approximate surface area is 429 Å². The first-order valence-electron chi connectivity index (χ1n) is 24.3. The lowest BCUT2D eigenvalue weighted by molar-refractivity contribution is -0.133. The second kappa shape index (κ2) is 22.2. The van der Waals surface area contributed by atoms with Crippen LogP contribution < -0.4 is 20.3 Å². The van der Waals surface area contributed by atoms with E-state index in [2.05, 4.69) is 35.5 Å². The van der Waals surface area contributed by atoms with Crippen molar-refractivity contribution in [1.29, 1.82) is 0 Å². The summed E-state index contributed by atoms with van der Waals surface area (Å²) >= 11 is 7.80. The number of carbonyl (C=O) groups excluding carboxylic acids is 2. The number of carboxylic acid groups (broad SMARTS) is 1. The van der Waals surface area contributed by atoms with Gasteiger partial charge in [0.2, 0.25) is 11.7 Å². The van der Waals surface area contributed by atoms with E-state index >= 15 is 0 Å². The molecule has 3 amide bonds. The molecule has 4 aliphatic heterocycles. The number of halogens is 4. The number of ether oxygens (including phenoxy) is 1. The summed E-state index contributed by atoms with van der Waals surface area (Å²) in [5.74, 6) is -2.77. The molecule has 4 aliphatic rings. The average Bonchev–Trinajstić information content (AvgIpc) is 4.01. The van der Waals surface area contributed by atoms with Crippen LogP contribution in [0.15, 0.2) is 82.8 Å². The number of aromatic nitrogens is 5. The van der Waals surface area contributed by atoms with Crippen LogP contribution in [0.3, 0.4) is 0 Å². The molecule has 22 heteroatoms. The van der Waals surface area contributed by atoms with Gasteiger partial charge in [0.25, 0.3) is 0 Å². The van der Waals surface area contributed by atoms with E-state index in [4.69, 9.17) is 26.3 Å². The molecular weight excluding hydrogens is 985 g/mol. The highest BCUT2D eigenvalue weighted by atomic mass is 35.5. The Balaban J connectivity index is 0.708. The number of unbranched alkanes of at least 4 members (excludes halogenated alkanes) is 3. The first-order valence-corrected chi connectivity index (χ1v) is 25.6. The number of aliphatic carboxylic acids is 1. The fraction of sp³-hybridized carbons (Fsp3) is 0.431. The minimum atomic E-state index is -1.19. The predicted molar refractivity (Wildman–Crippen MR) is 269 cm³/mol. The van der Waals surface area contributed by atoms with E-state index < -0.39 is 34.9 Å². The number of urea groups is 1. The van der Waals surface area contributed by atoms with Gasteiger partial charge in [-0.05, 0) is 43.4 Å². The van der Waals surface area contributed by atoms with Crippen LogP contribution in [0, 0.1) is 22.9 Å². The van der Waals surface area contributed by atoms with E-state index in [1.54, 1.807) is 41.1 Å². The lowest BCUT2D eigenvalue weighted by Gasteiger charge is -2.38. The second-order valence-electron chi connectivity index (χ2n) is 19.4. The van der Waals surface area contributed by atoms with Gasteiger partial charge in [0.1, 0.15) is 11.9 Å². The fourth-order valence-electron chi connectivity index (χ4n) is 10.0. The zero-order valence-corrected chi connectivity index (χ0v) is 42.2. The molecule has 0 saturated carbocycles. The van der Waals surface area contributed by atoms with Crippen LogP contribution in [0.2, 0.25) is 5.02 Å². The Bertz CT molecular complexity index is 2910. The van der Waals surface area contributed by atoms with E-state index in [1.165, 1.54) is 35.6 Å². The molecule has 0 bridgehead atoms. The summed E-state index contributed by atoms with van der Waals surface area (Å²) < 4.78 is 49.7. The monoisotopic (exact) mass is 1040 g/mol. The molecule has 0 radical (unpaired) electrons. The van der Waals surface area contributed by atoms with Gasteiger partial charge in [0.05, 0.1) is 30.0 Å². The number of aliphatic imine (C=N–C) groups is 1. The highest BCUT2D eigenvalue weighted by Crippen LogP contribution is 2.39. The number of hydrogen-bond donors (Lipinski definition) is 3. The molecule has 17 nitrogen and oxygen atoms in total. The standard InChI is InChI=1S/C51H56ClF3N12O5S/c1-30-35-25-60-46(45-57-13-8-14-58-45)61-38(35)11-16-66(30)32-22-37(54)43(55)40(23-32)72-19-7-5-4-6-12-56-41(68)24-51(2,3)29-65-27-33-26-64(17-18-67(33)50(65)71)28-39-42(49(69)70)44(34-10-9-31(53)21-36(34)52)63-47(62-39)48-59-15-20-73-48/h8-10,13-15,20-23,25,30,33,44H,4-7,11-12,16-19,24,26-29H2,1-3H3,(H,56,68)(H,62,63)(H,69,70)/t30?,33-,44-/m0/s1. The molecule has 7 heterocycles. The van der Waals surface area contributed by atoms with Crippen molar-refractivity contribution in [2.75, 3.05) is 63.9 Å². The number of carbonyl (C=O) groups is 3. The Morgan fingerprint density at radius 3 is 2.53 bits per heavy atom. The minimum absolute atomic E-state index is 0.0112. The van der Waals surface area contributed by atoms with Crippen molar-refractivity contribution in [3.05, 3.63) is 122 Å². The van der Waals surface area contributed by atoms with Gasteiger partial charge in [-0.1, -0.05) is 44.4 Å². The first-order chi connectivity index (χ1) is 35.1. The lowest BCUT2D eigenvalue weighted by Crippen LogP contribution is -2.53. The van der Waals surface area contributed by atoms with Crippen molar-refractivity contribution in [2.45, 2.75) is 77.4 Å². The third-order valence-electron chi connectivity index (χ3n) is 13.5. The molecule has 9 rings (SSSR count). The Morgan fingerprint density at radius 2 is 1.77 bits per heavy atom. The van der Waals surface area contributed by atoms with E-state index in [0.29, 0.717) is 98.1 Å². The molecule has 73 heavy (non-hydrogen) atoms.